The molecule has 3 rings (SSSR count). The Morgan fingerprint density at radius 2 is 2.33 bits per heavy atom. The predicted molar refractivity (Wildman–Crippen MR) is 80.9 cm³/mol. The molecule has 1 aromatic carbocycles. The van der Waals surface area contributed by atoms with Crippen molar-refractivity contribution in [3.05, 3.63) is 45.2 Å². The topological polar surface area (TPSA) is 71.2 Å². The zero-order valence-corrected chi connectivity index (χ0v) is 12.1. The summed E-state index contributed by atoms with van der Waals surface area (Å²) in [5.41, 5.74) is 0.416. The molecule has 6 heteroatoms. The summed E-state index contributed by atoms with van der Waals surface area (Å²) in [5.74, 6) is -0.395. The van der Waals surface area contributed by atoms with Crippen molar-refractivity contribution < 1.29 is 9.53 Å². The van der Waals surface area contributed by atoms with Crippen molar-refractivity contribution in [1.29, 1.82) is 0 Å². The third-order valence-corrected chi connectivity index (χ3v) is 3.84. The molecule has 1 atom stereocenters. The molecular weight excluding hydrogens is 292 g/mol. The van der Waals surface area contributed by atoms with Crippen molar-refractivity contribution in [2.24, 2.45) is 0 Å². The Morgan fingerprint density at radius 1 is 1.48 bits per heavy atom. The first-order valence-electron chi connectivity index (χ1n) is 6.86. The second-order valence-corrected chi connectivity index (χ2v) is 5.50. The number of hydrogen-bond acceptors (Lipinski definition) is 3. The van der Waals surface area contributed by atoms with E-state index in [2.05, 4.69) is 10.3 Å². The van der Waals surface area contributed by atoms with E-state index in [-0.39, 0.29) is 17.1 Å². The van der Waals surface area contributed by atoms with E-state index >= 15 is 0 Å². The molecule has 1 saturated heterocycles. The molecule has 1 aliphatic heterocycles. The van der Waals surface area contributed by atoms with Gasteiger partial charge in [-0.25, -0.2) is 0 Å². The van der Waals surface area contributed by atoms with Crippen molar-refractivity contribution in [2.45, 2.75) is 18.9 Å². The fourth-order valence-electron chi connectivity index (χ4n) is 2.47. The second kappa shape index (κ2) is 5.87. The van der Waals surface area contributed by atoms with Gasteiger partial charge in [-0.15, -0.1) is 0 Å². The molecule has 0 radical (unpaired) electrons. The van der Waals surface area contributed by atoms with Gasteiger partial charge in [-0.3, -0.25) is 9.59 Å². The summed E-state index contributed by atoms with van der Waals surface area (Å²) in [7, 11) is 0. The number of carbonyl (C=O) groups is 1. The van der Waals surface area contributed by atoms with E-state index in [1.165, 1.54) is 6.20 Å². The Bertz CT molecular complexity index is 735. The normalized spacial score (nSPS) is 18.0. The minimum Gasteiger partial charge on any atom is -0.376 e. The molecule has 1 amide bonds. The summed E-state index contributed by atoms with van der Waals surface area (Å²) < 4.78 is 5.44. The Labute approximate surface area is 126 Å². The molecule has 0 spiro atoms. The summed E-state index contributed by atoms with van der Waals surface area (Å²) in [6, 6.07) is 4.97. The maximum absolute atomic E-state index is 12.3. The number of rotatable bonds is 3. The Balaban J connectivity index is 1.84. The van der Waals surface area contributed by atoms with E-state index in [4.69, 9.17) is 16.3 Å². The lowest BCUT2D eigenvalue weighted by Gasteiger charge is -2.10. The molecule has 1 fully saturated rings. The van der Waals surface area contributed by atoms with Gasteiger partial charge < -0.3 is 15.0 Å². The molecule has 2 aromatic rings. The molecular formula is C15H15ClN2O3. The Morgan fingerprint density at radius 3 is 3.10 bits per heavy atom. The number of fused-ring (bicyclic) bond motifs is 1. The summed E-state index contributed by atoms with van der Waals surface area (Å²) >= 11 is 5.90. The van der Waals surface area contributed by atoms with Crippen LogP contribution in [-0.4, -0.2) is 30.1 Å². The molecule has 0 bridgehead atoms. The second-order valence-electron chi connectivity index (χ2n) is 5.07. The summed E-state index contributed by atoms with van der Waals surface area (Å²) in [6.07, 6.45) is 3.42. The van der Waals surface area contributed by atoms with E-state index in [9.17, 15) is 9.59 Å². The molecule has 2 N–H and O–H groups in total. The van der Waals surface area contributed by atoms with Crippen LogP contribution in [0.4, 0.5) is 0 Å². The lowest BCUT2D eigenvalue weighted by atomic mass is 10.1. The van der Waals surface area contributed by atoms with Crippen LogP contribution in [0, 0.1) is 0 Å². The van der Waals surface area contributed by atoms with Gasteiger partial charge in [0.15, 0.2) is 0 Å². The predicted octanol–water partition coefficient (Wildman–Crippen LogP) is 2.09. The molecule has 21 heavy (non-hydrogen) atoms. The number of H-pyrrole nitrogens is 1. The van der Waals surface area contributed by atoms with Crippen LogP contribution in [0.2, 0.25) is 5.02 Å². The van der Waals surface area contributed by atoms with Crippen molar-refractivity contribution in [2.75, 3.05) is 13.2 Å². The van der Waals surface area contributed by atoms with Gasteiger partial charge >= 0.3 is 0 Å². The van der Waals surface area contributed by atoms with Crippen molar-refractivity contribution in [1.82, 2.24) is 10.3 Å². The highest BCUT2D eigenvalue weighted by Crippen LogP contribution is 2.15. The van der Waals surface area contributed by atoms with Gasteiger partial charge in [-0.2, -0.15) is 0 Å². The average Bonchev–Trinajstić information content (AvgIpc) is 2.99. The molecule has 1 aliphatic rings. The van der Waals surface area contributed by atoms with Gasteiger partial charge in [0.05, 0.1) is 6.10 Å². The van der Waals surface area contributed by atoms with Gasteiger partial charge in [0.25, 0.3) is 5.91 Å². The van der Waals surface area contributed by atoms with Crippen LogP contribution in [0.15, 0.2) is 29.2 Å². The molecule has 0 unspecified atom stereocenters. The summed E-state index contributed by atoms with van der Waals surface area (Å²) in [6.45, 7) is 1.15. The highest BCUT2D eigenvalue weighted by atomic mass is 35.5. The number of amides is 1. The van der Waals surface area contributed by atoms with Crippen molar-refractivity contribution in [3.8, 4) is 0 Å². The average molecular weight is 307 g/mol. The van der Waals surface area contributed by atoms with Gasteiger partial charge in [0, 0.05) is 35.3 Å². The molecule has 5 nitrogen and oxygen atoms in total. The highest BCUT2D eigenvalue weighted by Gasteiger charge is 2.18. The fourth-order valence-corrected chi connectivity index (χ4v) is 2.64. The van der Waals surface area contributed by atoms with Gasteiger partial charge in [-0.05, 0) is 31.0 Å². The number of nitrogens with one attached hydrogen (secondary N) is 2. The Hall–Kier alpha value is -1.85. The number of benzene rings is 1. The van der Waals surface area contributed by atoms with Crippen molar-refractivity contribution in [3.63, 3.8) is 0 Å². The number of aromatic nitrogens is 1. The van der Waals surface area contributed by atoms with E-state index in [0.717, 1.165) is 19.4 Å². The molecule has 0 saturated carbocycles. The van der Waals surface area contributed by atoms with E-state index in [1.807, 2.05) is 0 Å². The monoisotopic (exact) mass is 306 g/mol. The number of ether oxygens (including phenoxy) is 1. The summed E-state index contributed by atoms with van der Waals surface area (Å²) in [5, 5.41) is 3.62. The molecule has 2 heterocycles. The molecule has 0 aliphatic carbocycles. The molecule has 110 valence electrons. The number of halogens is 1. The van der Waals surface area contributed by atoms with Crippen molar-refractivity contribution >= 4 is 28.4 Å². The number of aromatic amines is 1. The summed E-state index contributed by atoms with van der Waals surface area (Å²) in [4.78, 5) is 27.4. The number of carbonyl (C=O) groups excluding carboxylic acids is 1. The first-order chi connectivity index (χ1) is 10.1. The van der Waals surface area contributed by atoms with Crippen LogP contribution in [0.1, 0.15) is 23.2 Å². The largest absolute Gasteiger partial charge is 0.376 e. The van der Waals surface area contributed by atoms with Crippen LogP contribution in [0.25, 0.3) is 10.9 Å². The van der Waals surface area contributed by atoms with Crippen LogP contribution in [0.5, 0.6) is 0 Å². The first kappa shape index (κ1) is 14.1. The fraction of sp³-hybridized carbons (Fsp3) is 0.333. The van der Waals surface area contributed by atoms with Gasteiger partial charge in [0.2, 0.25) is 5.43 Å². The zero-order chi connectivity index (χ0) is 14.8. The van der Waals surface area contributed by atoms with E-state index in [1.54, 1.807) is 18.2 Å². The van der Waals surface area contributed by atoms with E-state index in [0.29, 0.717) is 22.5 Å². The number of pyridine rings is 1. The molecule has 1 aromatic heterocycles. The third-order valence-electron chi connectivity index (χ3n) is 3.60. The quantitative estimate of drug-likeness (QED) is 0.912. The van der Waals surface area contributed by atoms with Gasteiger partial charge in [0.1, 0.15) is 5.56 Å². The standard InChI is InChI=1S/C15H15ClN2O3/c16-9-3-4-13-11(6-9)14(19)12(8-17-13)15(20)18-7-10-2-1-5-21-10/h3-4,6,8,10H,1-2,5,7H2,(H,17,19)(H,18,20)/t10-/m0/s1. The van der Waals surface area contributed by atoms with E-state index < -0.39 is 5.91 Å². The lowest BCUT2D eigenvalue weighted by Crippen LogP contribution is -2.34. The smallest absolute Gasteiger partial charge is 0.256 e. The minimum absolute atomic E-state index is 0.0444. The van der Waals surface area contributed by atoms with Gasteiger partial charge in [-0.1, -0.05) is 11.6 Å². The first-order valence-corrected chi connectivity index (χ1v) is 7.24. The highest BCUT2D eigenvalue weighted by molar-refractivity contribution is 6.31. The van der Waals surface area contributed by atoms with Crippen LogP contribution >= 0.6 is 11.6 Å². The Kier molecular flexibility index (Phi) is 3.94. The van der Waals surface area contributed by atoms with Crippen LogP contribution in [-0.2, 0) is 4.74 Å². The lowest BCUT2D eigenvalue weighted by molar-refractivity contribution is 0.0857. The van der Waals surface area contributed by atoms with Crippen LogP contribution < -0.4 is 10.7 Å². The third kappa shape index (κ3) is 2.94. The minimum atomic E-state index is -0.395. The maximum atomic E-state index is 12.3. The number of hydrogen-bond donors (Lipinski definition) is 2. The zero-order valence-electron chi connectivity index (χ0n) is 11.3. The SMILES string of the molecule is O=C(NC[C@@H]1CCCO1)c1c[nH]c2ccc(Cl)cc2c1=O. The van der Waals surface area contributed by atoms with Crippen LogP contribution in [0.3, 0.4) is 0 Å². The maximum Gasteiger partial charge on any atom is 0.256 e.